The Morgan fingerprint density at radius 3 is 2.65 bits per heavy atom. The lowest BCUT2D eigenvalue weighted by molar-refractivity contribution is 0.636. The Morgan fingerprint density at radius 1 is 1.35 bits per heavy atom. The second kappa shape index (κ2) is 6.44. The highest BCUT2D eigenvalue weighted by Gasteiger charge is 2.30. The average Bonchev–Trinajstić information content (AvgIpc) is 2.98. The molecule has 0 radical (unpaired) electrons. The maximum absolute atomic E-state index is 13.1. The van der Waals surface area contributed by atoms with Crippen molar-refractivity contribution < 1.29 is 0 Å². The van der Waals surface area contributed by atoms with Crippen molar-refractivity contribution in [1.82, 2.24) is 18.7 Å². The summed E-state index contributed by atoms with van der Waals surface area (Å²) in [4.78, 5) is 30.3. The minimum absolute atomic E-state index is 0.128. The van der Waals surface area contributed by atoms with Crippen LogP contribution in [0.2, 0.25) is 0 Å². The van der Waals surface area contributed by atoms with Gasteiger partial charge >= 0.3 is 5.69 Å². The van der Waals surface area contributed by atoms with E-state index in [-0.39, 0.29) is 23.8 Å². The minimum Gasteiger partial charge on any atom is -0.294 e. The molecule has 0 spiro atoms. The van der Waals surface area contributed by atoms with Gasteiger partial charge in [0.25, 0.3) is 5.56 Å². The molecule has 0 aromatic carbocycles. The number of hydrogen-bond acceptors (Lipinski definition) is 5. The van der Waals surface area contributed by atoms with Crippen molar-refractivity contribution >= 4 is 22.8 Å². The number of nitrogens with zero attached hydrogens (tertiary/aromatic N) is 6. The summed E-state index contributed by atoms with van der Waals surface area (Å²) in [6.07, 6.45) is 3.60. The molecule has 0 saturated carbocycles. The van der Waals surface area contributed by atoms with Gasteiger partial charge in [0.05, 0.1) is 18.3 Å². The number of imidazole rings is 1. The predicted molar refractivity (Wildman–Crippen MR) is 104 cm³/mol. The van der Waals surface area contributed by atoms with E-state index in [9.17, 15) is 9.59 Å². The molecule has 3 rings (SSSR count). The van der Waals surface area contributed by atoms with Crippen molar-refractivity contribution in [3.63, 3.8) is 0 Å². The number of hydrogen-bond donors (Lipinski definition) is 0. The first-order valence-corrected chi connectivity index (χ1v) is 8.57. The number of fused-ring (bicyclic) bond motifs is 3. The van der Waals surface area contributed by atoms with Crippen molar-refractivity contribution in [2.75, 3.05) is 11.6 Å². The molecular weight excluding hydrogens is 332 g/mol. The van der Waals surface area contributed by atoms with E-state index in [2.05, 4.69) is 16.7 Å². The van der Waals surface area contributed by atoms with Gasteiger partial charge < -0.3 is 0 Å². The van der Waals surface area contributed by atoms with Gasteiger partial charge in [0.1, 0.15) is 0 Å². The molecule has 1 aliphatic rings. The number of aromatic nitrogens is 4. The van der Waals surface area contributed by atoms with Crippen molar-refractivity contribution in [3.8, 4) is 0 Å². The molecule has 8 heteroatoms. The van der Waals surface area contributed by atoms with Crippen LogP contribution in [0.1, 0.15) is 33.7 Å². The minimum atomic E-state index is -0.382. The van der Waals surface area contributed by atoms with Crippen LogP contribution in [-0.2, 0) is 13.6 Å². The number of anilines is 1. The third-order valence-electron chi connectivity index (χ3n) is 4.60. The highest BCUT2D eigenvalue weighted by molar-refractivity contribution is 5.91. The predicted octanol–water partition coefficient (Wildman–Crippen LogP) is 1.81. The number of hydrazone groups is 1. The fourth-order valence-electron chi connectivity index (χ4n) is 3.12. The highest BCUT2D eigenvalue weighted by atomic mass is 16.2. The molecule has 0 saturated heterocycles. The van der Waals surface area contributed by atoms with E-state index in [0.29, 0.717) is 23.7 Å². The summed E-state index contributed by atoms with van der Waals surface area (Å²) < 4.78 is 4.52. The Hall–Kier alpha value is -2.90. The Balaban J connectivity index is 2.38. The standard InChI is InChI=1S/C18H24N6O2/c1-7-8-9-22-16(25)14-15(21(6)18(22)26)19-17-23(10-11(2)3)20-12(4)13(5)24(14)17/h7-8,13H,2,9-10H2,1,3-6H3/b8-7+/t13-/m1/s1. The quantitative estimate of drug-likeness (QED) is 0.783. The second-order valence-electron chi connectivity index (χ2n) is 6.71. The van der Waals surface area contributed by atoms with Gasteiger partial charge in [-0.25, -0.2) is 9.80 Å². The first-order valence-electron chi connectivity index (χ1n) is 8.57. The first kappa shape index (κ1) is 17.9. The van der Waals surface area contributed by atoms with Crippen LogP contribution in [0.4, 0.5) is 5.95 Å². The topological polar surface area (TPSA) is 77.4 Å². The molecule has 1 aliphatic heterocycles. The van der Waals surface area contributed by atoms with Crippen LogP contribution >= 0.6 is 0 Å². The SMILES string of the molecule is C=C(C)CN1N=C(C)[C@@H](C)n2c1nc1c2c(=O)n(C/C=C/C)c(=O)n1C. The molecule has 0 unspecified atom stereocenters. The van der Waals surface area contributed by atoms with Crippen LogP contribution in [0.15, 0.2) is 39.0 Å². The van der Waals surface area contributed by atoms with E-state index in [1.165, 1.54) is 9.13 Å². The van der Waals surface area contributed by atoms with Crippen molar-refractivity contribution in [1.29, 1.82) is 0 Å². The zero-order valence-electron chi connectivity index (χ0n) is 15.9. The summed E-state index contributed by atoms with van der Waals surface area (Å²) in [6.45, 7) is 12.3. The van der Waals surface area contributed by atoms with Crippen LogP contribution in [-0.4, -0.2) is 30.9 Å². The monoisotopic (exact) mass is 356 g/mol. The molecule has 0 amide bonds. The Morgan fingerprint density at radius 2 is 2.04 bits per heavy atom. The smallest absolute Gasteiger partial charge is 0.294 e. The summed E-state index contributed by atoms with van der Waals surface area (Å²) >= 11 is 0. The van der Waals surface area contributed by atoms with E-state index >= 15 is 0 Å². The summed E-state index contributed by atoms with van der Waals surface area (Å²) in [5, 5.41) is 6.33. The molecular formula is C18H24N6O2. The Kier molecular flexibility index (Phi) is 4.43. The fourth-order valence-corrected chi connectivity index (χ4v) is 3.12. The molecule has 1 atom stereocenters. The highest BCUT2D eigenvalue weighted by Crippen LogP contribution is 2.29. The summed E-state index contributed by atoms with van der Waals surface area (Å²) in [5.41, 5.74) is 1.86. The maximum Gasteiger partial charge on any atom is 0.332 e. The molecule has 0 aliphatic carbocycles. The molecule has 8 nitrogen and oxygen atoms in total. The number of rotatable bonds is 4. The third kappa shape index (κ3) is 2.61. The normalized spacial score (nSPS) is 17.0. The molecule has 2 aromatic heterocycles. The van der Waals surface area contributed by atoms with Crippen LogP contribution < -0.4 is 16.3 Å². The van der Waals surface area contributed by atoms with Crippen molar-refractivity contribution in [3.05, 3.63) is 45.1 Å². The maximum atomic E-state index is 13.1. The van der Waals surface area contributed by atoms with E-state index in [1.807, 2.05) is 38.3 Å². The van der Waals surface area contributed by atoms with Crippen LogP contribution in [0.25, 0.3) is 11.2 Å². The van der Waals surface area contributed by atoms with Crippen LogP contribution in [0, 0.1) is 0 Å². The molecule has 0 N–H and O–H groups in total. The largest absolute Gasteiger partial charge is 0.332 e. The van der Waals surface area contributed by atoms with Gasteiger partial charge in [-0.15, -0.1) is 0 Å². The Bertz CT molecular complexity index is 1070. The molecule has 0 fully saturated rings. The summed E-state index contributed by atoms with van der Waals surface area (Å²) in [7, 11) is 1.64. The lowest BCUT2D eigenvalue weighted by Gasteiger charge is -2.29. The summed E-state index contributed by atoms with van der Waals surface area (Å²) in [6, 6.07) is -0.128. The molecule has 26 heavy (non-hydrogen) atoms. The van der Waals surface area contributed by atoms with Gasteiger partial charge in [0.2, 0.25) is 5.95 Å². The van der Waals surface area contributed by atoms with Crippen LogP contribution in [0.5, 0.6) is 0 Å². The van der Waals surface area contributed by atoms with E-state index in [4.69, 9.17) is 0 Å². The van der Waals surface area contributed by atoms with Crippen LogP contribution in [0.3, 0.4) is 0 Å². The van der Waals surface area contributed by atoms with Crippen molar-refractivity contribution in [2.24, 2.45) is 12.1 Å². The lowest BCUT2D eigenvalue weighted by Crippen LogP contribution is -2.40. The fraction of sp³-hybridized carbons (Fsp3) is 0.444. The second-order valence-corrected chi connectivity index (χ2v) is 6.71. The van der Waals surface area contributed by atoms with E-state index < -0.39 is 0 Å². The van der Waals surface area contributed by atoms with E-state index in [0.717, 1.165) is 11.3 Å². The van der Waals surface area contributed by atoms with E-state index in [1.54, 1.807) is 18.1 Å². The Labute approximate surface area is 151 Å². The number of aryl methyl sites for hydroxylation is 1. The lowest BCUT2D eigenvalue weighted by atomic mass is 10.2. The molecule has 3 heterocycles. The van der Waals surface area contributed by atoms with Crippen molar-refractivity contribution in [2.45, 2.75) is 40.3 Å². The molecule has 138 valence electrons. The zero-order valence-corrected chi connectivity index (χ0v) is 15.9. The zero-order chi connectivity index (χ0) is 19.2. The third-order valence-corrected chi connectivity index (χ3v) is 4.60. The van der Waals surface area contributed by atoms with Gasteiger partial charge in [-0.3, -0.25) is 18.5 Å². The van der Waals surface area contributed by atoms with Gasteiger partial charge in [-0.05, 0) is 27.7 Å². The van der Waals surface area contributed by atoms with Gasteiger partial charge in [-0.2, -0.15) is 10.1 Å². The van der Waals surface area contributed by atoms with Gasteiger partial charge in [0.15, 0.2) is 11.2 Å². The number of allylic oxidation sites excluding steroid dienone is 2. The average molecular weight is 356 g/mol. The molecule has 0 bridgehead atoms. The molecule has 2 aromatic rings. The first-order chi connectivity index (χ1) is 12.3. The van der Waals surface area contributed by atoms with Gasteiger partial charge in [-0.1, -0.05) is 24.3 Å². The van der Waals surface area contributed by atoms with Gasteiger partial charge in [0, 0.05) is 13.6 Å². The summed E-state index contributed by atoms with van der Waals surface area (Å²) in [5.74, 6) is 0.553.